The van der Waals surface area contributed by atoms with Gasteiger partial charge in [0.2, 0.25) is 0 Å². The van der Waals surface area contributed by atoms with Gasteiger partial charge < -0.3 is 9.30 Å². The molecule has 0 aliphatic heterocycles. The van der Waals surface area contributed by atoms with Gasteiger partial charge in [-0.05, 0) is 13.0 Å². The van der Waals surface area contributed by atoms with Crippen molar-refractivity contribution in [3.05, 3.63) is 53.3 Å². The number of thiazole rings is 1. The highest BCUT2D eigenvalue weighted by atomic mass is 32.1. The Morgan fingerprint density at radius 1 is 1.15 bits per heavy atom. The van der Waals surface area contributed by atoms with Crippen LogP contribution in [-0.2, 0) is 19.9 Å². The van der Waals surface area contributed by atoms with Crippen molar-refractivity contribution in [2.75, 3.05) is 7.11 Å². The topological polar surface area (TPSA) is 65.7 Å². The largest absolute Gasteiger partial charge is 0.494 e. The Balaban J connectivity index is 1.60. The van der Waals surface area contributed by atoms with Gasteiger partial charge in [-0.25, -0.2) is 19.9 Å². The van der Waals surface area contributed by atoms with Gasteiger partial charge >= 0.3 is 0 Å². The molecular weight excluding hydrogens is 346 g/mol. The third kappa shape index (κ3) is 3.06. The average Bonchev–Trinajstić information content (AvgIpc) is 3.29. The highest BCUT2D eigenvalue weighted by Gasteiger charge is 2.12. The van der Waals surface area contributed by atoms with E-state index in [0.717, 1.165) is 57.5 Å². The monoisotopic (exact) mass is 365 g/mol. The van der Waals surface area contributed by atoms with E-state index in [0.29, 0.717) is 0 Å². The molecule has 0 aliphatic rings. The Labute approximate surface area is 155 Å². The number of ether oxygens (including phenoxy) is 1. The first-order valence-corrected chi connectivity index (χ1v) is 9.26. The van der Waals surface area contributed by atoms with Crippen LogP contribution in [-0.4, -0.2) is 31.6 Å². The number of hydrogen-bond acceptors (Lipinski definition) is 6. The van der Waals surface area contributed by atoms with Crippen LogP contribution in [0.3, 0.4) is 0 Å². The molecule has 4 rings (SSSR count). The van der Waals surface area contributed by atoms with Crippen molar-refractivity contribution >= 4 is 22.2 Å². The lowest BCUT2D eigenvalue weighted by atomic mass is 10.1. The average molecular weight is 365 g/mol. The number of nitrogens with zero attached hydrogens (tertiary/aromatic N) is 5. The summed E-state index contributed by atoms with van der Waals surface area (Å²) >= 11 is 1.59. The summed E-state index contributed by atoms with van der Waals surface area (Å²) in [6.07, 6.45) is 5.30. The Kier molecular flexibility index (Phi) is 4.38. The molecule has 6 nitrogen and oxygen atoms in total. The molecule has 26 heavy (non-hydrogen) atoms. The number of benzene rings is 1. The minimum atomic E-state index is 0.719. The molecule has 0 unspecified atom stereocenters. The predicted molar refractivity (Wildman–Crippen MR) is 103 cm³/mol. The molecule has 3 heterocycles. The van der Waals surface area contributed by atoms with Gasteiger partial charge in [0.15, 0.2) is 0 Å². The van der Waals surface area contributed by atoms with Crippen LogP contribution in [0.5, 0.6) is 5.75 Å². The van der Waals surface area contributed by atoms with E-state index in [1.807, 2.05) is 48.3 Å². The second kappa shape index (κ2) is 6.84. The molecule has 132 valence electrons. The summed E-state index contributed by atoms with van der Waals surface area (Å²) in [5.41, 5.74) is 2.74. The van der Waals surface area contributed by atoms with E-state index >= 15 is 0 Å². The number of methoxy groups -OCH3 is 1. The summed E-state index contributed by atoms with van der Waals surface area (Å²) in [5.74, 6) is 2.58. The van der Waals surface area contributed by atoms with Crippen LogP contribution in [0.1, 0.15) is 17.3 Å². The fourth-order valence-corrected chi connectivity index (χ4v) is 3.62. The number of aromatic nitrogens is 5. The van der Waals surface area contributed by atoms with Gasteiger partial charge in [0.25, 0.3) is 0 Å². The molecule has 0 bridgehead atoms. The minimum Gasteiger partial charge on any atom is -0.494 e. The maximum atomic E-state index is 5.45. The van der Waals surface area contributed by atoms with E-state index in [-0.39, 0.29) is 0 Å². The fourth-order valence-electron chi connectivity index (χ4n) is 3.03. The smallest absolute Gasteiger partial charge is 0.145 e. The van der Waals surface area contributed by atoms with E-state index in [1.165, 1.54) is 0 Å². The van der Waals surface area contributed by atoms with Crippen LogP contribution in [0, 0.1) is 6.92 Å². The van der Waals surface area contributed by atoms with Crippen molar-refractivity contribution in [3.63, 3.8) is 0 Å². The second-order valence-electron chi connectivity index (χ2n) is 6.07. The number of rotatable bonds is 5. The van der Waals surface area contributed by atoms with Crippen molar-refractivity contribution in [1.82, 2.24) is 24.5 Å². The SMILES string of the molecule is COc1cccc2c(C)nc(CCc3nc(-c4nccs4)cn3C)nc12. The second-order valence-corrected chi connectivity index (χ2v) is 6.97. The van der Waals surface area contributed by atoms with Gasteiger partial charge in [0.1, 0.15) is 33.6 Å². The molecule has 0 aliphatic carbocycles. The van der Waals surface area contributed by atoms with Crippen molar-refractivity contribution in [1.29, 1.82) is 0 Å². The Hall–Kier alpha value is -2.80. The third-order valence-electron chi connectivity index (χ3n) is 4.34. The van der Waals surface area contributed by atoms with Crippen LogP contribution in [0.4, 0.5) is 0 Å². The maximum absolute atomic E-state index is 5.45. The van der Waals surface area contributed by atoms with Crippen molar-refractivity contribution in [2.24, 2.45) is 7.05 Å². The van der Waals surface area contributed by atoms with Crippen LogP contribution in [0.25, 0.3) is 21.6 Å². The molecular formula is C19H19N5OS. The van der Waals surface area contributed by atoms with Crippen LogP contribution < -0.4 is 4.74 Å². The van der Waals surface area contributed by atoms with Gasteiger partial charge in [-0.1, -0.05) is 12.1 Å². The number of aryl methyl sites for hydroxylation is 4. The Bertz CT molecular complexity index is 1060. The molecule has 3 aromatic heterocycles. The number of imidazole rings is 1. The molecule has 0 amide bonds. The van der Waals surface area contributed by atoms with Crippen molar-refractivity contribution < 1.29 is 4.74 Å². The fraction of sp³-hybridized carbons (Fsp3) is 0.263. The van der Waals surface area contributed by atoms with Gasteiger partial charge in [0, 0.05) is 48.7 Å². The van der Waals surface area contributed by atoms with Gasteiger partial charge in [0.05, 0.1) is 7.11 Å². The number of hydrogen-bond donors (Lipinski definition) is 0. The third-order valence-corrected chi connectivity index (χ3v) is 5.14. The first-order valence-electron chi connectivity index (χ1n) is 8.38. The van der Waals surface area contributed by atoms with Gasteiger partial charge in [-0.3, -0.25) is 0 Å². The standard InChI is InChI=1S/C19H19N5OS/c1-12-13-5-4-6-15(25-3)18(13)23-16(21-12)7-8-17-22-14(11-24(17)2)19-20-9-10-26-19/h4-6,9-11H,7-8H2,1-3H3. The van der Waals surface area contributed by atoms with Crippen molar-refractivity contribution in [2.45, 2.75) is 19.8 Å². The number of para-hydroxylation sites is 1. The van der Waals surface area contributed by atoms with Gasteiger partial charge in [-0.2, -0.15) is 0 Å². The van der Waals surface area contributed by atoms with E-state index in [4.69, 9.17) is 14.7 Å². The molecule has 0 atom stereocenters. The molecule has 0 spiro atoms. The summed E-state index contributed by atoms with van der Waals surface area (Å²) in [7, 11) is 3.68. The lowest BCUT2D eigenvalue weighted by Gasteiger charge is -2.09. The van der Waals surface area contributed by atoms with Crippen molar-refractivity contribution in [3.8, 4) is 16.5 Å². The molecule has 7 heteroatoms. The Morgan fingerprint density at radius 3 is 2.81 bits per heavy atom. The van der Waals surface area contributed by atoms with E-state index in [9.17, 15) is 0 Å². The zero-order valence-corrected chi connectivity index (χ0v) is 15.7. The van der Waals surface area contributed by atoms with Crippen LogP contribution in [0.15, 0.2) is 36.0 Å². The first-order chi connectivity index (χ1) is 12.7. The van der Waals surface area contributed by atoms with E-state index in [2.05, 4.69) is 9.97 Å². The van der Waals surface area contributed by atoms with Gasteiger partial charge in [-0.15, -0.1) is 11.3 Å². The van der Waals surface area contributed by atoms with E-state index in [1.54, 1.807) is 24.6 Å². The summed E-state index contributed by atoms with van der Waals surface area (Å²) in [4.78, 5) is 18.4. The minimum absolute atomic E-state index is 0.719. The zero-order chi connectivity index (χ0) is 18.1. The lowest BCUT2D eigenvalue weighted by molar-refractivity contribution is 0.418. The molecule has 0 saturated heterocycles. The van der Waals surface area contributed by atoms with Crippen LogP contribution >= 0.6 is 11.3 Å². The quantitative estimate of drug-likeness (QED) is 0.541. The maximum Gasteiger partial charge on any atom is 0.145 e. The summed E-state index contributed by atoms with van der Waals surface area (Å²) in [5, 5.41) is 3.92. The molecule has 1 aromatic carbocycles. The molecule has 0 radical (unpaired) electrons. The first kappa shape index (κ1) is 16.7. The molecule has 0 saturated carbocycles. The molecule has 4 aromatic rings. The zero-order valence-electron chi connectivity index (χ0n) is 14.9. The molecule has 0 N–H and O–H groups in total. The number of fused-ring (bicyclic) bond motifs is 1. The predicted octanol–water partition coefficient (Wildman–Crippen LogP) is 3.59. The summed E-state index contributed by atoms with van der Waals surface area (Å²) in [6.45, 7) is 2.01. The highest BCUT2D eigenvalue weighted by molar-refractivity contribution is 7.13. The lowest BCUT2D eigenvalue weighted by Crippen LogP contribution is -2.05. The van der Waals surface area contributed by atoms with E-state index < -0.39 is 0 Å². The summed E-state index contributed by atoms with van der Waals surface area (Å²) in [6, 6.07) is 5.92. The normalized spacial score (nSPS) is 11.2. The Morgan fingerprint density at radius 2 is 2.04 bits per heavy atom. The molecule has 0 fully saturated rings. The van der Waals surface area contributed by atoms with Crippen LogP contribution in [0.2, 0.25) is 0 Å². The summed E-state index contributed by atoms with van der Waals surface area (Å²) < 4.78 is 7.50. The highest BCUT2D eigenvalue weighted by Crippen LogP contribution is 2.25.